The lowest BCUT2D eigenvalue weighted by Gasteiger charge is -2.10. The number of ketones is 1. The van der Waals surface area contributed by atoms with Crippen LogP contribution in [-0.4, -0.2) is 40.5 Å². The maximum Gasteiger partial charge on any atom is 0.338 e. The Hall–Kier alpha value is -3.19. The Labute approximate surface area is 197 Å². The van der Waals surface area contributed by atoms with Crippen LogP contribution in [0.3, 0.4) is 0 Å². The monoisotopic (exact) mass is 467 g/mol. The third-order valence-electron chi connectivity index (χ3n) is 5.52. The van der Waals surface area contributed by atoms with E-state index >= 15 is 0 Å². The smallest absolute Gasteiger partial charge is 0.338 e. The van der Waals surface area contributed by atoms with Gasteiger partial charge in [-0.3, -0.25) is 9.00 Å². The fourth-order valence-corrected chi connectivity index (χ4v) is 4.42. The normalized spacial score (nSPS) is 11.8. The van der Waals surface area contributed by atoms with E-state index in [1.54, 1.807) is 31.6 Å². The average Bonchev–Trinajstić information content (AvgIpc) is 3.09. The van der Waals surface area contributed by atoms with Gasteiger partial charge in [-0.05, 0) is 61.7 Å². The molecule has 0 saturated heterocycles. The molecule has 7 heteroatoms. The Morgan fingerprint density at radius 1 is 1.00 bits per heavy atom. The molecule has 0 fully saturated rings. The van der Waals surface area contributed by atoms with Gasteiger partial charge in [0.2, 0.25) is 5.78 Å². The first kappa shape index (κ1) is 24.5. The van der Waals surface area contributed by atoms with Gasteiger partial charge in [-0.15, -0.1) is 0 Å². The zero-order chi connectivity index (χ0) is 24.0. The number of aromatic nitrogens is 1. The van der Waals surface area contributed by atoms with Crippen LogP contribution < -0.4 is 4.74 Å². The maximum absolute atomic E-state index is 12.8. The van der Waals surface area contributed by atoms with E-state index in [4.69, 9.17) is 9.47 Å². The lowest BCUT2D eigenvalue weighted by atomic mass is 10.1. The van der Waals surface area contributed by atoms with Crippen molar-refractivity contribution in [2.75, 3.05) is 20.0 Å². The quantitative estimate of drug-likeness (QED) is 0.329. The highest BCUT2D eigenvalue weighted by Gasteiger charge is 2.18. The highest BCUT2D eigenvalue weighted by Crippen LogP contribution is 2.18. The van der Waals surface area contributed by atoms with Crippen LogP contribution in [0.1, 0.15) is 43.2 Å². The van der Waals surface area contributed by atoms with Crippen LogP contribution in [0.25, 0.3) is 0 Å². The topological polar surface area (TPSA) is 74.6 Å². The minimum atomic E-state index is -1.01. The van der Waals surface area contributed by atoms with E-state index in [1.807, 2.05) is 50.2 Å². The molecule has 3 aromatic rings. The van der Waals surface area contributed by atoms with Crippen LogP contribution in [0, 0.1) is 13.8 Å². The lowest BCUT2D eigenvalue weighted by molar-refractivity contribution is 0.0474. The lowest BCUT2D eigenvalue weighted by Crippen LogP contribution is -2.15. The molecule has 0 amide bonds. The summed E-state index contributed by atoms with van der Waals surface area (Å²) in [5.41, 5.74) is 4.71. The van der Waals surface area contributed by atoms with Crippen LogP contribution in [0.15, 0.2) is 54.6 Å². The molecule has 1 heterocycles. The summed E-state index contributed by atoms with van der Waals surface area (Å²) in [4.78, 5) is 25.2. The Morgan fingerprint density at radius 3 is 2.39 bits per heavy atom. The number of benzene rings is 2. The standard InChI is InChI=1S/C26H29NO5S/c1-18-14-24(19(2)27(18)13-12-20-8-10-23(31-3)11-9-20)25(28)16-32-26(29)22-7-5-6-21(15-22)17-33(4)30/h5-11,14-15H,12-13,16-17H2,1-4H3. The first-order valence-corrected chi connectivity index (χ1v) is 12.4. The average molecular weight is 468 g/mol. The second-order valence-electron chi connectivity index (χ2n) is 7.95. The molecule has 0 saturated carbocycles. The highest BCUT2D eigenvalue weighted by molar-refractivity contribution is 7.83. The second kappa shape index (κ2) is 11.1. The number of carbonyl (C=O) groups is 2. The highest BCUT2D eigenvalue weighted by atomic mass is 32.2. The molecule has 0 aliphatic rings. The van der Waals surface area contributed by atoms with Gasteiger partial charge in [-0.25, -0.2) is 4.79 Å². The molecule has 0 N–H and O–H groups in total. The number of hydrogen-bond acceptors (Lipinski definition) is 5. The van der Waals surface area contributed by atoms with Gasteiger partial charge in [0.05, 0.1) is 12.7 Å². The number of methoxy groups -OCH3 is 1. The summed E-state index contributed by atoms with van der Waals surface area (Å²) in [5.74, 6) is 0.377. The third-order valence-corrected chi connectivity index (χ3v) is 6.26. The van der Waals surface area contributed by atoms with Crippen molar-refractivity contribution in [2.45, 2.75) is 32.6 Å². The van der Waals surface area contributed by atoms with Crippen molar-refractivity contribution in [3.8, 4) is 5.75 Å². The largest absolute Gasteiger partial charge is 0.497 e. The van der Waals surface area contributed by atoms with Crippen molar-refractivity contribution in [1.29, 1.82) is 0 Å². The summed E-state index contributed by atoms with van der Waals surface area (Å²) in [7, 11) is 0.636. The van der Waals surface area contributed by atoms with E-state index in [0.29, 0.717) is 16.9 Å². The molecule has 2 aromatic carbocycles. The fourth-order valence-electron chi connectivity index (χ4n) is 3.78. The van der Waals surface area contributed by atoms with Crippen molar-refractivity contribution < 1.29 is 23.3 Å². The molecule has 0 aliphatic carbocycles. The van der Waals surface area contributed by atoms with Gasteiger partial charge < -0.3 is 14.0 Å². The molecule has 3 rings (SSSR count). The van der Waals surface area contributed by atoms with Crippen molar-refractivity contribution in [2.24, 2.45) is 0 Å². The van der Waals surface area contributed by atoms with Gasteiger partial charge in [-0.1, -0.05) is 24.3 Å². The number of aryl methyl sites for hydroxylation is 2. The molecule has 0 bridgehead atoms. The van der Waals surface area contributed by atoms with E-state index in [1.165, 1.54) is 5.56 Å². The van der Waals surface area contributed by atoms with Gasteiger partial charge in [0.1, 0.15) is 5.75 Å². The SMILES string of the molecule is COc1ccc(CCn2c(C)cc(C(=O)COC(=O)c3cccc(CS(C)=O)c3)c2C)cc1. The molecule has 0 radical (unpaired) electrons. The molecular weight excluding hydrogens is 438 g/mol. The number of ether oxygens (including phenoxy) is 2. The summed E-state index contributed by atoms with van der Waals surface area (Å²) in [6, 6.07) is 16.6. The van der Waals surface area contributed by atoms with Crippen LogP contribution in [0.4, 0.5) is 0 Å². The van der Waals surface area contributed by atoms with Gasteiger partial charge >= 0.3 is 5.97 Å². The van der Waals surface area contributed by atoms with Crippen LogP contribution in [0.2, 0.25) is 0 Å². The Balaban J connectivity index is 1.62. The maximum atomic E-state index is 12.8. The molecule has 1 aromatic heterocycles. The molecule has 1 unspecified atom stereocenters. The first-order chi connectivity index (χ1) is 15.8. The van der Waals surface area contributed by atoms with Crippen molar-refractivity contribution >= 4 is 22.6 Å². The van der Waals surface area contributed by atoms with Gasteiger partial charge in [0, 0.05) is 46.3 Å². The predicted octanol–water partition coefficient (Wildman–Crippen LogP) is 4.27. The van der Waals surface area contributed by atoms with E-state index in [0.717, 1.165) is 35.7 Å². The summed E-state index contributed by atoms with van der Waals surface area (Å²) in [5, 5.41) is 0. The van der Waals surface area contributed by atoms with E-state index in [2.05, 4.69) is 4.57 Å². The summed E-state index contributed by atoms with van der Waals surface area (Å²) < 4.78 is 24.0. The second-order valence-corrected chi connectivity index (χ2v) is 9.39. The molecule has 1 atom stereocenters. The first-order valence-electron chi connectivity index (χ1n) is 10.7. The van der Waals surface area contributed by atoms with Gasteiger partial charge in [0.15, 0.2) is 6.61 Å². The van der Waals surface area contributed by atoms with Gasteiger partial charge in [0.25, 0.3) is 0 Å². The van der Waals surface area contributed by atoms with E-state index in [-0.39, 0.29) is 12.4 Å². The van der Waals surface area contributed by atoms with Crippen molar-refractivity contribution in [3.05, 3.63) is 88.2 Å². The number of Topliss-reactive ketones (excluding diaryl/α,β-unsaturated/α-hetero) is 1. The molecule has 0 aliphatic heterocycles. The Kier molecular flexibility index (Phi) is 8.22. The molecule has 33 heavy (non-hydrogen) atoms. The van der Waals surface area contributed by atoms with Crippen LogP contribution in [-0.2, 0) is 34.3 Å². The summed E-state index contributed by atoms with van der Waals surface area (Å²) >= 11 is 0. The van der Waals surface area contributed by atoms with Crippen molar-refractivity contribution in [1.82, 2.24) is 4.57 Å². The third kappa shape index (κ3) is 6.42. The number of nitrogens with zero attached hydrogens (tertiary/aromatic N) is 1. The minimum absolute atomic E-state index is 0.238. The number of esters is 1. The predicted molar refractivity (Wildman–Crippen MR) is 129 cm³/mol. The molecule has 6 nitrogen and oxygen atoms in total. The van der Waals surface area contributed by atoms with E-state index < -0.39 is 16.8 Å². The van der Waals surface area contributed by atoms with E-state index in [9.17, 15) is 13.8 Å². The molecule has 0 spiro atoms. The Bertz CT molecular complexity index is 1160. The van der Waals surface area contributed by atoms with Crippen LogP contribution in [0.5, 0.6) is 5.75 Å². The zero-order valence-electron chi connectivity index (χ0n) is 19.4. The molecule has 174 valence electrons. The number of rotatable bonds is 10. The summed E-state index contributed by atoms with van der Waals surface area (Å²) in [6.45, 7) is 4.28. The van der Waals surface area contributed by atoms with Crippen molar-refractivity contribution in [3.63, 3.8) is 0 Å². The zero-order valence-corrected chi connectivity index (χ0v) is 20.2. The number of hydrogen-bond donors (Lipinski definition) is 0. The Morgan fingerprint density at radius 2 is 1.73 bits per heavy atom. The molecular formula is C26H29NO5S. The fraction of sp³-hybridized carbons (Fsp3) is 0.308. The van der Waals surface area contributed by atoms with Gasteiger partial charge in [-0.2, -0.15) is 0 Å². The minimum Gasteiger partial charge on any atom is -0.497 e. The van der Waals surface area contributed by atoms with Crippen LogP contribution >= 0.6 is 0 Å². The summed E-state index contributed by atoms with van der Waals surface area (Å²) in [6.07, 6.45) is 2.43. The number of carbonyl (C=O) groups excluding carboxylic acids is 2.